The van der Waals surface area contributed by atoms with Crippen molar-refractivity contribution in [3.63, 3.8) is 0 Å². The maximum absolute atomic E-state index is 14.7. The number of amides is 2. The minimum Gasteiger partial charge on any atom is -0.489 e. The highest BCUT2D eigenvalue weighted by atomic mass is 35.5. The molecule has 0 aromatic heterocycles. The Hall–Kier alpha value is -1.88. The highest BCUT2D eigenvalue weighted by Crippen LogP contribution is 2.39. The lowest BCUT2D eigenvalue weighted by molar-refractivity contribution is -0.128. The molecule has 1 aromatic carbocycles. The van der Waals surface area contributed by atoms with Crippen molar-refractivity contribution in [3.05, 3.63) is 34.6 Å². The van der Waals surface area contributed by atoms with E-state index in [0.29, 0.717) is 24.2 Å². The Bertz CT molecular complexity index is 814. The number of anilines is 1. The van der Waals surface area contributed by atoms with Crippen molar-refractivity contribution in [2.75, 3.05) is 4.90 Å². The third-order valence-electron chi connectivity index (χ3n) is 5.97. The summed E-state index contributed by atoms with van der Waals surface area (Å²) in [4.78, 5) is 26.5. The molecule has 4 rings (SSSR count). The van der Waals surface area contributed by atoms with Crippen molar-refractivity contribution in [2.24, 2.45) is 5.92 Å². The SMILES string of the molecule is O=C1C2=CC(CCC2)C(=O)N1c1cc(OC2CCCCCCC2)c(Cl)cc1F. The van der Waals surface area contributed by atoms with Crippen molar-refractivity contribution >= 4 is 29.1 Å². The number of halogens is 2. The maximum Gasteiger partial charge on any atom is 0.260 e. The lowest BCUT2D eigenvalue weighted by Gasteiger charge is -2.33. The van der Waals surface area contributed by atoms with E-state index in [1.165, 1.54) is 25.3 Å². The molecular formula is C22H25ClFNO3. The van der Waals surface area contributed by atoms with Crippen molar-refractivity contribution in [1.29, 1.82) is 0 Å². The predicted molar refractivity (Wildman–Crippen MR) is 106 cm³/mol. The Morgan fingerprint density at radius 2 is 1.71 bits per heavy atom. The van der Waals surface area contributed by atoms with E-state index in [9.17, 15) is 14.0 Å². The van der Waals surface area contributed by atoms with Crippen LogP contribution in [-0.4, -0.2) is 17.9 Å². The lowest BCUT2D eigenvalue weighted by Crippen LogP contribution is -2.46. The van der Waals surface area contributed by atoms with Crippen LogP contribution in [0.1, 0.15) is 64.2 Å². The van der Waals surface area contributed by atoms with Crippen molar-refractivity contribution in [3.8, 4) is 5.75 Å². The van der Waals surface area contributed by atoms with Gasteiger partial charge in [-0.3, -0.25) is 9.59 Å². The Balaban J connectivity index is 1.63. The van der Waals surface area contributed by atoms with Gasteiger partial charge in [0, 0.05) is 11.6 Å². The quantitative estimate of drug-likeness (QED) is 0.617. The number of carbonyl (C=O) groups is 2. The molecule has 1 aromatic rings. The summed E-state index contributed by atoms with van der Waals surface area (Å²) in [5.41, 5.74) is 0.533. The number of fused-ring (bicyclic) bond motifs is 1. The molecule has 1 heterocycles. The van der Waals surface area contributed by atoms with Crippen LogP contribution in [0.25, 0.3) is 0 Å². The summed E-state index contributed by atoms with van der Waals surface area (Å²) in [5.74, 6) is -1.50. The summed E-state index contributed by atoms with van der Waals surface area (Å²) in [6.07, 6.45) is 11.6. The fourth-order valence-electron chi connectivity index (χ4n) is 4.43. The number of rotatable bonds is 3. The largest absolute Gasteiger partial charge is 0.489 e. The van der Waals surface area contributed by atoms with Crippen molar-refractivity contribution < 1.29 is 18.7 Å². The molecule has 2 amide bonds. The Labute approximate surface area is 169 Å². The number of nitrogens with zero attached hydrogens (tertiary/aromatic N) is 1. The number of hydrogen-bond donors (Lipinski definition) is 0. The highest BCUT2D eigenvalue weighted by molar-refractivity contribution is 6.32. The minimum atomic E-state index is -0.683. The first-order valence-corrected chi connectivity index (χ1v) is 10.7. The number of carbonyl (C=O) groups excluding carboxylic acids is 2. The molecule has 0 radical (unpaired) electrons. The second-order valence-electron chi connectivity index (χ2n) is 7.99. The van der Waals surface area contributed by atoms with E-state index in [1.54, 1.807) is 6.08 Å². The fraction of sp³-hybridized carbons (Fsp3) is 0.545. The molecular weight excluding hydrogens is 381 g/mol. The van der Waals surface area contributed by atoms with Gasteiger partial charge in [0.05, 0.1) is 22.7 Å². The topological polar surface area (TPSA) is 46.6 Å². The van der Waals surface area contributed by atoms with Crippen LogP contribution < -0.4 is 9.64 Å². The molecule has 1 saturated carbocycles. The number of imide groups is 1. The zero-order valence-electron chi connectivity index (χ0n) is 15.9. The second-order valence-corrected chi connectivity index (χ2v) is 8.40. The van der Waals surface area contributed by atoms with E-state index >= 15 is 0 Å². The van der Waals surface area contributed by atoms with Gasteiger partial charge in [0.25, 0.3) is 5.91 Å². The summed E-state index contributed by atoms with van der Waals surface area (Å²) >= 11 is 6.24. The molecule has 6 heteroatoms. The van der Waals surface area contributed by atoms with E-state index in [4.69, 9.17) is 16.3 Å². The maximum atomic E-state index is 14.7. The molecule has 1 fully saturated rings. The number of benzene rings is 1. The molecule has 1 aliphatic heterocycles. The van der Waals surface area contributed by atoms with E-state index in [1.807, 2.05) is 0 Å². The average molecular weight is 406 g/mol. The lowest BCUT2D eigenvalue weighted by atomic mass is 9.85. The molecule has 2 bridgehead atoms. The molecule has 0 spiro atoms. The van der Waals surface area contributed by atoms with Gasteiger partial charge in [0.15, 0.2) is 0 Å². The molecule has 28 heavy (non-hydrogen) atoms. The molecule has 2 aliphatic carbocycles. The Kier molecular flexibility index (Phi) is 5.72. The molecule has 1 unspecified atom stereocenters. The fourth-order valence-corrected chi connectivity index (χ4v) is 4.62. The molecule has 0 saturated heterocycles. The first-order valence-electron chi connectivity index (χ1n) is 10.3. The van der Waals surface area contributed by atoms with Crippen LogP contribution in [0.2, 0.25) is 5.02 Å². The number of ether oxygens (including phenoxy) is 1. The monoisotopic (exact) mass is 405 g/mol. The van der Waals surface area contributed by atoms with Gasteiger partial charge in [-0.15, -0.1) is 0 Å². The van der Waals surface area contributed by atoms with E-state index < -0.39 is 11.7 Å². The van der Waals surface area contributed by atoms with Crippen molar-refractivity contribution in [2.45, 2.75) is 70.3 Å². The van der Waals surface area contributed by atoms with Crippen LogP contribution >= 0.6 is 11.6 Å². The second kappa shape index (κ2) is 8.24. The summed E-state index contributed by atoms with van der Waals surface area (Å²) in [5, 5.41) is 0.166. The highest BCUT2D eigenvalue weighted by Gasteiger charge is 2.39. The van der Waals surface area contributed by atoms with Crippen LogP contribution in [0, 0.1) is 11.7 Å². The molecule has 0 N–H and O–H groups in total. The zero-order chi connectivity index (χ0) is 19.7. The van der Waals surface area contributed by atoms with Gasteiger partial charge < -0.3 is 4.74 Å². The van der Waals surface area contributed by atoms with Gasteiger partial charge >= 0.3 is 0 Å². The van der Waals surface area contributed by atoms with E-state index in [2.05, 4.69) is 0 Å². The van der Waals surface area contributed by atoms with Gasteiger partial charge in [-0.25, -0.2) is 9.29 Å². The Morgan fingerprint density at radius 3 is 2.46 bits per heavy atom. The van der Waals surface area contributed by atoms with Gasteiger partial charge in [0.2, 0.25) is 5.91 Å². The summed E-state index contributed by atoms with van der Waals surface area (Å²) in [6.45, 7) is 0. The van der Waals surface area contributed by atoms with Gasteiger partial charge in [0.1, 0.15) is 11.6 Å². The first-order chi connectivity index (χ1) is 13.5. The molecule has 150 valence electrons. The van der Waals surface area contributed by atoms with Gasteiger partial charge in [-0.1, -0.05) is 36.9 Å². The number of hydrogen-bond acceptors (Lipinski definition) is 3. The Morgan fingerprint density at radius 1 is 1.00 bits per heavy atom. The molecule has 4 nitrogen and oxygen atoms in total. The average Bonchev–Trinajstić information content (AvgIpc) is 2.66. The van der Waals surface area contributed by atoms with Gasteiger partial charge in [-0.05, 0) is 51.0 Å². The first kappa shape index (κ1) is 19.4. The van der Waals surface area contributed by atoms with Crippen LogP contribution in [0.5, 0.6) is 5.75 Å². The van der Waals surface area contributed by atoms with Gasteiger partial charge in [-0.2, -0.15) is 0 Å². The van der Waals surface area contributed by atoms with Crippen LogP contribution in [0.3, 0.4) is 0 Å². The van der Waals surface area contributed by atoms with Crippen LogP contribution in [0.15, 0.2) is 23.8 Å². The molecule has 1 atom stereocenters. The smallest absolute Gasteiger partial charge is 0.260 e. The standard InChI is InChI=1S/C22H25ClFNO3/c23-17-12-18(24)19(13-20(17)28-16-9-4-2-1-3-5-10-16)25-21(26)14-7-6-8-15(11-14)22(25)27/h11-14,16H,1-10H2. The van der Waals surface area contributed by atoms with E-state index in [0.717, 1.165) is 43.1 Å². The summed E-state index contributed by atoms with van der Waals surface area (Å²) < 4.78 is 20.8. The zero-order valence-corrected chi connectivity index (χ0v) is 16.6. The third kappa shape index (κ3) is 3.82. The van der Waals surface area contributed by atoms with E-state index in [-0.39, 0.29) is 28.6 Å². The minimum absolute atomic E-state index is 0.0194. The summed E-state index contributed by atoms with van der Waals surface area (Å²) in [7, 11) is 0. The van der Waals surface area contributed by atoms with Crippen LogP contribution in [-0.2, 0) is 9.59 Å². The van der Waals surface area contributed by atoms with Crippen molar-refractivity contribution in [1.82, 2.24) is 0 Å². The van der Waals surface area contributed by atoms with Crippen LogP contribution in [0.4, 0.5) is 10.1 Å². The molecule has 3 aliphatic rings. The third-order valence-corrected chi connectivity index (χ3v) is 6.26. The predicted octanol–water partition coefficient (Wildman–Crippen LogP) is 5.57. The normalized spacial score (nSPS) is 23.9. The summed E-state index contributed by atoms with van der Waals surface area (Å²) in [6, 6.07) is 2.57.